The van der Waals surface area contributed by atoms with Crippen LogP contribution >= 0.6 is 0 Å². The summed E-state index contributed by atoms with van der Waals surface area (Å²) in [5.41, 5.74) is 5.09. The van der Waals surface area contributed by atoms with Gasteiger partial charge in [-0.3, -0.25) is 9.69 Å². The van der Waals surface area contributed by atoms with Crippen LogP contribution in [0, 0.1) is 0 Å². The molecule has 3 aromatic carbocycles. The Morgan fingerprint density at radius 1 is 0.933 bits per heavy atom. The zero-order valence-electron chi connectivity index (χ0n) is 16.3. The molecule has 0 unspecified atom stereocenters. The summed E-state index contributed by atoms with van der Waals surface area (Å²) in [5.74, 6) is 1.52. The van der Waals surface area contributed by atoms with E-state index < -0.39 is 0 Å². The second-order valence-corrected chi connectivity index (χ2v) is 7.80. The predicted octanol–water partition coefficient (Wildman–Crippen LogP) is 4.36. The fraction of sp³-hybridized carbons (Fsp3) is 0.160. The van der Waals surface area contributed by atoms with Crippen LogP contribution in [0.5, 0.6) is 11.5 Å². The maximum absolute atomic E-state index is 13.3. The summed E-state index contributed by atoms with van der Waals surface area (Å²) in [6.45, 7) is 1.59. The van der Waals surface area contributed by atoms with Gasteiger partial charge in [-0.1, -0.05) is 48.5 Å². The van der Waals surface area contributed by atoms with Crippen molar-refractivity contribution < 1.29 is 9.47 Å². The number of benzene rings is 3. The molecule has 2 aliphatic heterocycles. The first-order valence-corrected chi connectivity index (χ1v) is 10.1. The molecule has 0 saturated heterocycles. The van der Waals surface area contributed by atoms with Crippen molar-refractivity contribution in [3.63, 3.8) is 0 Å². The molecular weight excluding hydrogens is 376 g/mol. The van der Waals surface area contributed by atoms with Gasteiger partial charge in [-0.25, -0.2) is 0 Å². The fourth-order valence-corrected chi connectivity index (χ4v) is 4.59. The first kappa shape index (κ1) is 17.3. The van der Waals surface area contributed by atoms with Crippen molar-refractivity contribution in [2.45, 2.75) is 19.1 Å². The first-order chi connectivity index (χ1) is 14.8. The Hall–Kier alpha value is -3.57. The smallest absolute Gasteiger partial charge is 0.231 e. The minimum absolute atomic E-state index is 0.0630. The van der Waals surface area contributed by atoms with Crippen LogP contribution in [0.3, 0.4) is 0 Å². The molecule has 0 amide bonds. The number of hydrogen-bond donors (Lipinski definition) is 1. The average molecular weight is 396 g/mol. The van der Waals surface area contributed by atoms with E-state index in [1.807, 2.05) is 54.6 Å². The number of nitrogens with one attached hydrogen (secondary N) is 1. The average Bonchev–Trinajstić information content (AvgIpc) is 3.38. The lowest BCUT2D eigenvalue weighted by Crippen LogP contribution is -2.23. The molecule has 5 heteroatoms. The standard InChI is InChI=1S/C25H20N2O3/c28-25-18-8-4-5-9-20(18)26-23-19(25)14-27(13-16-6-2-1-3-7-16)24(23)17-10-11-21-22(12-17)30-15-29-21/h1-12,24H,13-15H2,(H,26,28)/t24-/m1/s1. The number of aromatic amines is 1. The molecule has 2 aliphatic rings. The first-order valence-electron chi connectivity index (χ1n) is 10.1. The molecule has 0 bridgehead atoms. The van der Waals surface area contributed by atoms with Crippen LogP contribution in [0.2, 0.25) is 0 Å². The van der Waals surface area contributed by atoms with Crippen molar-refractivity contribution in [3.8, 4) is 11.5 Å². The van der Waals surface area contributed by atoms with E-state index in [9.17, 15) is 4.79 Å². The Balaban J connectivity index is 1.52. The summed E-state index contributed by atoms with van der Waals surface area (Å²) in [6, 6.07) is 24.1. The van der Waals surface area contributed by atoms with Crippen LogP contribution in [0.15, 0.2) is 77.6 Å². The van der Waals surface area contributed by atoms with Crippen LogP contribution in [0.1, 0.15) is 28.4 Å². The van der Waals surface area contributed by atoms with Crippen molar-refractivity contribution in [3.05, 3.63) is 105 Å². The molecule has 30 heavy (non-hydrogen) atoms. The molecule has 148 valence electrons. The molecule has 0 saturated carbocycles. The number of rotatable bonds is 3. The van der Waals surface area contributed by atoms with E-state index in [0.717, 1.165) is 45.8 Å². The SMILES string of the molecule is O=c1c2c([nH]c3ccccc13)[C@@H](c1ccc3c(c1)OCO3)N(Cc1ccccc1)C2. The molecule has 1 atom stereocenters. The molecule has 0 spiro atoms. The number of pyridine rings is 1. The van der Waals surface area contributed by atoms with E-state index in [2.05, 4.69) is 28.1 Å². The third kappa shape index (κ3) is 2.70. The number of aromatic nitrogens is 1. The van der Waals surface area contributed by atoms with Crippen LogP contribution in [-0.4, -0.2) is 16.7 Å². The highest BCUT2D eigenvalue weighted by Gasteiger charge is 2.35. The van der Waals surface area contributed by atoms with E-state index in [-0.39, 0.29) is 18.3 Å². The number of H-pyrrole nitrogens is 1. The zero-order chi connectivity index (χ0) is 20.1. The lowest BCUT2D eigenvalue weighted by molar-refractivity contribution is 0.173. The van der Waals surface area contributed by atoms with E-state index in [4.69, 9.17) is 9.47 Å². The zero-order valence-corrected chi connectivity index (χ0v) is 16.3. The van der Waals surface area contributed by atoms with Gasteiger partial charge < -0.3 is 14.5 Å². The minimum atomic E-state index is -0.0630. The fourth-order valence-electron chi connectivity index (χ4n) is 4.59. The molecular formula is C25H20N2O3. The lowest BCUT2D eigenvalue weighted by Gasteiger charge is -2.25. The van der Waals surface area contributed by atoms with Gasteiger partial charge in [0, 0.05) is 35.2 Å². The van der Waals surface area contributed by atoms with E-state index in [0.29, 0.717) is 6.54 Å². The van der Waals surface area contributed by atoms with Gasteiger partial charge in [0.2, 0.25) is 6.79 Å². The highest BCUT2D eigenvalue weighted by atomic mass is 16.7. The van der Waals surface area contributed by atoms with Gasteiger partial charge in [0.15, 0.2) is 16.9 Å². The third-order valence-electron chi connectivity index (χ3n) is 5.98. The summed E-state index contributed by atoms with van der Waals surface area (Å²) in [4.78, 5) is 19.2. The van der Waals surface area contributed by atoms with Crippen LogP contribution in [0.25, 0.3) is 10.9 Å². The second-order valence-electron chi connectivity index (χ2n) is 7.80. The van der Waals surface area contributed by atoms with Gasteiger partial charge in [-0.05, 0) is 35.4 Å². The number of para-hydroxylation sites is 1. The van der Waals surface area contributed by atoms with Gasteiger partial charge in [-0.2, -0.15) is 0 Å². The Bertz CT molecular complexity index is 1310. The van der Waals surface area contributed by atoms with Crippen LogP contribution in [0.4, 0.5) is 0 Å². The van der Waals surface area contributed by atoms with Crippen molar-refractivity contribution >= 4 is 10.9 Å². The van der Waals surface area contributed by atoms with Crippen LogP contribution in [-0.2, 0) is 13.1 Å². The molecule has 6 rings (SSSR count). The summed E-state index contributed by atoms with van der Waals surface area (Å²) in [7, 11) is 0. The number of ether oxygens (including phenoxy) is 2. The van der Waals surface area contributed by atoms with E-state index in [1.54, 1.807) is 0 Å². The summed E-state index contributed by atoms with van der Waals surface area (Å²) < 4.78 is 11.1. The molecule has 1 N–H and O–H groups in total. The van der Waals surface area contributed by atoms with E-state index >= 15 is 0 Å². The summed E-state index contributed by atoms with van der Waals surface area (Å²) in [6.07, 6.45) is 0. The summed E-state index contributed by atoms with van der Waals surface area (Å²) in [5, 5.41) is 0.738. The Labute approximate surface area is 173 Å². The van der Waals surface area contributed by atoms with Gasteiger partial charge >= 0.3 is 0 Å². The van der Waals surface area contributed by atoms with Gasteiger partial charge in [0.1, 0.15) is 0 Å². The topological polar surface area (TPSA) is 54.6 Å². The lowest BCUT2D eigenvalue weighted by atomic mass is 10.0. The Morgan fingerprint density at radius 3 is 2.63 bits per heavy atom. The number of fused-ring (bicyclic) bond motifs is 3. The van der Waals surface area contributed by atoms with Gasteiger partial charge in [0.05, 0.1) is 6.04 Å². The molecule has 1 aromatic heterocycles. The predicted molar refractivity (Wildman–Crippen MR) is 115 cm³/mol. The molecule has 3 heterocycles. The maximum atomic E-state index is 13.3. The molecule has 0 aliphatic carbocycles. The van der Waals surface area contributed by atoms with Crippen LogP contribution < -0.4 is 14.9 Å². The second kappa shape index (κ2) is 6.75. The molecule has 5 nitrogen and oxygen atoms in total. The Morgan fingerprint density at radius 2 is 1.73 bits per heavy atom. The largest absolute Gasteiger partial charge is 0.454 e. The number of hydrogen-bond acceptors (Lipinski definition) is 4. The van der Waals surface area contributed by atoms with Crippen molar-refractivity contribution in [1.29, 1.82) is 0 Å². The highest BCUT2D eigenvalue weighted by Crippen LogP contribution is 2.42. The van der Waals surface area contributed by atoms with Gasteiger partial charge in [-0.15, -0.1) is 0 Å². The molecule has 4 aromatic rings. The summed E-state index contributed by atoms with van der Waals surface area (Å²) >= 11 is 0. The minimum Gasteiger partial charge on any atom is -0.454 e. The van der Waals surface area contributed by atoms with Crippen molar-refractivity contribution in [2.75, 3.05) is 6.79 Å². The Kier molecular flexibility index (Phi) is 3.89. The third-order valence-corrected chi connectivity index (χ3v) is 5.98. The molecule has 0 radical (unpaired) electrons. The number of nitrogens with zero attached hydrogens (tertiary/aromatic N) is 1. The van der Waals surface area contributed by atoms with Crippen molar-refractivity contribution in [2.24, 2.45) is 0 Å². The van der Waals surface area contributed by atoms with E-state index in [1.165, 1.54) is 5.56 Å². The quantitative estimate of drug-likeness (QED) is 0.559. The van der Waals surface area contributed by atoms with Crippen molar-refractivity contribution in [1.82, 2.24) is 9.88 Å². The normalized spacial score (nSPS) is 17.4. The maximum Gasteiger partial charge on any atom is 0.231 e. The monoisotopic (exact) mass is 396 g/mol. The van der Waals surface area contributed by atoms with Gasteiger partial charge in [0.25, 0.3) is 0 Å². The molecule has 0 fully saturated rings. The highest BCUT2D eigenvalue weighted by molar-refractivity contribution is 5.79.